The maximum atomic E-state index is 9.06. The Morgan fingerprint density at radius 3 is 2.23 bits per heavy atom. The fourth-order valence-corrected chi connectivity index (χ4v) is 0.867. The van der Waals surface area contributed by atoms with Crippen molar-refractivity contribution in [3.63, 3.8) is 0 Å². The van der Waals surface area contributed by atoms with Crippen LogP contribution in [0.25, 0.3) is 0 Å². The summed E-state index contributed by atoms with van der Waals surface area (Å²) in [7, 11) is 1.84. The molecule has 0 fully saturated rings. The molecule has 0 heterocycles. The van der Waals surface area contributed by atoms with Crippen molar-refractivity contribution in [1.29, 1.82) is 0 Å². The molecule has 0 saturated heterocycles. The van der Waals surface area contributed by atoms with Gasteiger partial charge in [-0.3, -0.25) is 0 Å². The molecule has 0 aliphatic heterocycles. The van der Waals surface area contributed by atoms with E-state index in [2.05, 4.69) is 32.7 Å². The zero-order valence-electron chi connectivity index (χ0n) is 8.89. The number of aliphatic hydroxyl groups is 1. The zero-order valence-corrected chi connectivity index (χ0v) is 8.89. The van der Waals surface area contributed by atoms with Crippen LogP contribution >= 0.6 is 0 Å². The molecule has 0 rings (SSSR count). The maximum absolute atomic E-state index is 9.06. The number of rotatable bonds is 3. The van der Waals surface area contributed by atoms with Crippen molar-refractivity contribution in [2.24, 2.45) is 5.41 Å². The molecule has 0 aromatic heterocycles. The van der Waals surface area contributed by atoms with Crippen molar-refractivity contribution < 1.29 is 5.11 Å². The molecule has 0 unspecified atom stereocenters. The molecule has 13 heavy (non-hydrogen) atoms. The molecule has 74 valence electrons. The smallest absolute Gasteiger partial charge is 0.108 e. The average Bonchev–Trinajstić information content (AvgIpc) is 1.95. The van der Waals surface area contributed by atoms with E-state index in [-0.39, 0.29) is 11.2 Å². The molecule has 2 nitrogen and oxygen atoms in total. The topological polar surface area (TPSA) is 32.3 Å². The second-order valence-corrected chi connectivity index (χ2v) is 3.96. The van der Waals surface area contributed by atoms with Gasteiger partial charge in [0.25, 0.3) is 0 Å². The van der Waals surface area contributed by atoms with Crippen LogP contribution in [0.3, 0.4) is 0 Å². The summed E-state index contributed by atoms with van der Waals surface area (Å²) >= 11 is 0. The predicted octanol–water partition coefficient (Wildman–Crippen LogP) is 2.76. The highest BCUT2D eigenvalue weighted by Crippen LogP contribution is 2.26. The van der Waals surface area contributed by atoms with Crippen LogP contribution in [-0.4, -0.2) is 12.2 Å². The van der Waals surface area contributed by atoms with E-state index in [1.54, 1.807) is 6.08 Å². The van der Waals surface area contributed by atoms with Crippen LogP contribution in [0.15, 0.2) is 36.3 Å². The van der Waals surface area contributed by atoms with Gasteiger partial charge in [-0.2, -0.15) is 0 Å². The second kappa shape index (κ2) is 4.75. The van der Waals surface area contributed by atoms with Gasteiger partial charge >= 0.3 is 0 Å². The minimum absolute atomic E-state index is 0.0129. The zero-order chi connectivity index (χ0) is 10.5. The predicted molar refractivity (Wildman–Crippen MR) is 57.5 cm³/mol. The van der Waals surface area contributed by atoms with Gasteiger partial charge in [0.05, 0.1) is 0 Å². The van der Waals surface area contributed by atoms with Gasteiger partial charge in [0.1, 0.15) is 5.76 Å². The van der Waals surface area contributed by atoms with Gasteiger partial charge < -0.3 is 10.4 Å². The molecule has 0 aliphatic carbocycles. The third kappa shape index (κ3) is 5.12. The molecule has 0 radical (unpaired) electrons. The molecule has 0 spiro atoms. The summed E-state index contributed by atoms with van der Waals surface area (Å²) in [4.78, 5) is 0. The number of hydrogen-bond donors (Lipinski definition) is 2. The van der Waals surface area contributed by atoms with Gasteiger partial charge in [-0.25, -0.2) is 0 Å². The third-order valence-corrected chi connectivity index (χ3v) is 1.62. The highest BCUT2D eigenvalue weighted by Gasteiger charge is 2.14. The fraction of sp³-hybridized carbons (Fsp3) is 0.455. The fourth-order valence-electron chi connectivity index (χ4n) is 0.867. The van der Waals surface area contributed by atoms with Crippen LogP contribution < -0.4 is 5.32 Å². The Hall–Kier alpha value is -1.18. The van der Waals surface area contributed by atoms with Gasteiger partial charge in [0.15, 0.2) is 0 Å². The van der Waals surface area contributed by atoms with Crippen molar-refractivity contribution >= 4 is 0 Å². The molecule has 2 N–H and O–H groups in total. The van der Waals surface area contributed by atoms with Crippen molar-refractivity contribution in [2.75, 3.05) is 7.05 Å². The van der Waals surface area contributed by atoms with E-state index in [1.165, 1.54) is 0 Å². The number of allylic oxidation sites excluding steroid dienone is 3. The number of aliphatic hydroxyl groups excluding tert-OH is 1. The van der Waals surface area contributed by atoms with Crippen molar-refractivity contribution in [1.82, 2.24) is 5.32 Å². The monoisotopic (exact) mass is 181 g/mol. The summed E-state index contributed by atoms with van der Waals surface area (Å²) in [6.07, 6.45) is 5.44. The maximum Gasteiger partial charge on any atom is 0.108 e. The third-order valence-electron chi connectivity index (χ3n) is 1.62. The van der Waals surface area contributed by atoms with Gasteiger partial charge in [0.2, 0.25) is 0 Å². The van der Waals surface area contributed by atoms with E-state index in [9.17, 15) is 0 Å². The highest BCUT2D eigenvalue weighted by atomic mass is 16.3. The average molecular weight is 181 g/mol. The molecule has 0 aromatic rings. The van der Waals surface area contributed by atoms with Crippen LogP contribution in [0.4, 0.5) is 0 Å². The van der Waals surface area contributed by atoms with E-state index < -0.39 is 0 Å². The Morgan fingerprint density at radius 2 is 1.92 bits per heavy atom. The highest BCUT2D eigenvalue weighted by molar-refractivity contribution is 5.29. The minimum Gasteiger partial charge on any atom is -0.509 e. The quantitative estimate of drug-likeness (QED) is 0.518. The molecular weight excluding hydrogens is 162 g/mol. The first-order valence-corrected chi connectivity index (χ1v) is 4.32. The van der Waals surface area contributed by atoms with Crippen LogP contribution in [0, 0.1) is 5.41 Å². The Balaban J connectivity index is 4.77. The van der Waals surface area contributed by atoms with Crippen LogP contribution in [0.1, 0.15) is 20.8 Å². The van der Waals surface area contributed by atoms with E-state index in [4.69, 9.17) is 5.11 Å². The van der Waals surface area contributed by atoms with Crippen molar-refractivity contribution in [2.45, 2.75) is 20.8 Å². The Labute approximate surface area is 80.7 Å². The normalized spacial score (nSPS) is 13.4. The van der Waals surface area contributed by atoms with Gasteiger partial charge in [-0.1, -0.05) is 27.4 Å². The summed E-state index contributed by atoms with van der Waals surface area (Å²) in [5.74, 6) is 0.0886. The van der Waals surface area contributed by atoms with Gasteiger partial charge in [0, 0.05) is 7.05 Å². The molecule has 2 heteroatoms. The lowest BCUT2D eigenvalue weighted by molar-refractivity contribution is 0.429. The first-order chi connectivity index (χ1) is 5.88. The molecule has 0 bridgehead atoms. The van der Waals surface area contributed by atoms with Crippen LogP contribution in [-0.2, 0) is 0 Å². The minimum atomic E-state index is 0.0129. The summed E-state index contributed by atoms with van der Waals surface area (Å²) in [5.41, 5.74) is 1.05. The van der Waals surface area contributed by atoms with Gasteiger partial charge in [-0.15, -0.1) is 0 Å². The number of hydrogen-bond acceptors (Lipinski definition) is 2. The standard InChI is InChI=1S/C11H19NO/c1-9(13)8-10(6-7-12-5)11(2,3)4/h6-8,12-13H,1H2,2-5H3/b7-6-,10-8-. The summed E-state index contributed by atoms with van der Waals surface area (Å²) in [6.45, 7) is 9.70. The lowest BCUT2D eigenvalue weighted by Crippen LogP contribution is -2.08. The van der Waals surface area contributed by atoms with E-state index in [0.29, 0.717) is 0 Å². The molecule has 0 aliphatic rings. The summed E-state index contributed by atoms with van der Waals surface area (Å²) in [5, 5.41) is 12.0. The summed E-state index contributed by atoms with van der Waals surface area (Å²) < 4.78 is 0. The van der Waals surface area contributed by atoms with Crippen LogP contribution in [0.5, 0.6) is 0 Å². The number of nitrogens with one attached hydrogen (secondary N) is 1. The lowest BCUT2D eigenvalue weighted by atomic mass is 9.86. The molecule has 0 atom stereocenters. The first-order valence-electron chi connectivity index (χ1n) is 4.32. The van der Waals surface area contributed by atoms with E-state index in [1.807, 2.05) is 19.3 Å². The molecule has 0 amide bonds. The Kier molecular flexibility index (Phi) is 4.32. The Morgan fingerprint density at radius 1 is 1.38 bits per heavy atom. The first kappa shape index (κ1) is 11.8. The lowest BCUT2D eigenvalue weighted by Gasteiger charge is -2.20. The second-order valence-electron chi connectivity index (χ2n) is 3.96. The molecule has 0 aromatic carbocycles. The Bertz CT molecular complexity index is 231. The van der Waals surface area contributed by atoms with Gasteiger partial charge in [-0.05, 0) is 29.3 Å². The van der Waals surface area contributed by atoms with E-state index in [0.717, 1.165) is 5.57 Å². The largest absolute Gasteiger partial charge is 0.509 e. The van der Waals surface area contributed by atoms with Crippen LogP contribution in [0.2, 0.25) is 0 Å². The van der Waals surface area contributed by atoms with Crippen molar-refractivity contribution in [3.05, 3.63) is 36.3 Å². The summed E-state index contributed by atoms with van der Waals surface area (Å²) in [6, 6.07) is 0. The SMILES string of the molecule is C=C(O)/C=C(/C=C\NC)C(C)(C)C. The van der Waals surface area contributed by atoms with Crippen molar-refractivity contribution in [3.8, 4) is 0 Å². The molecule has 0 saturated carbocycles. The van der Waals surface area contributed by atoms with E-state index >= 15 is 0 Å². The molecular formula is C11H19NO.